The number of halogens is 2. The number of carbonyl (C=O) groups is 1. The first kappa shape index (κ1) is 14.1. The van der Waals surface area contributed by atoms with Gasteiger partial charge in [-0.05, 0) is 38.1 Å². The lowest BCUT2D eigenvalue weighted by Crippen LogP contribution is -2.37. The van der Waals surface area contributed by atoms with Gasteiger partial charge in [-0.25, -0.2) is 8.78 Å². The van der Waals surface area contributed by atoms with E-state index in [9.17, 15) is 13.6 Å². The Labute approximate surface area is 112 Å². The Morgan fingerprint density at radius 3 is 2.63 bits per heavy atom. The second-order valence-corrected chi connectivity index (χ2v) is 5.25. The number of hydrogen-bond donors (Lipinski definition) is 0. The van der Waals surface area contributed by atoms with Crippen LogP contribution in [0.15, 0.2) is 18.2 Å². The molecular formula is C15H19F2NO. The van der Waals surface area contributed by atoms with Gasteiger partial charge in [0.2, 0.25) is 0 Å². The van der Waals surface area contributed by atoms with E-state index in [-0.39, 0.29) is 17.9 Å². The topological polar surface area (TPSA) is 20.3 Å². The van der Waals surface area contributed by atoms with Crippen molar-refractivity contribution in [3.63, 3.8) is 0 Å². The predicted molar refractivity (Wildman–Crippen MR) is 70.2 cm³/mol. The molecule has 0 aliphatic heterocycles. The Morgan fingerprint density at radius 1 is 1.26 bits per heavy atom. The largest absolute Gasteiger partial charge is 0.296 e. The van der Waals surface area contributed by atoms with Gasteiger partial charge in [-0.15, -0.1) is 0 Å². The van der Waals surface area contributed by atoms with Gasteiger partial charge in [-0.3, -0.25) is 9.69 Å². The van der Waals surface area contributed by atoms with Crippen LogP contribution >= 0.6 is 0 Å². The average Bonchev–Trinajstić information content (AvgIpc) is 2.42. The number of rotatable bonds is 4. The molecule has 2 rings (SSSR count). The minimum atomic E-state index is -0.650. The summed E-state index contributed by atoms with van der Waals surface area (Å²) in [6, 6.07) is 3.39. The van der Waals surface area contributed by atoms with Crippen LogP contribution in [-0.4, -0.2) is 30.3 Å². The van der Waals surface area contributed by atoms with Crippen LogP contribution in [0.2, 0.25) is 0 Å². The molecular weight excluding hydrogens is 248 g/mol. The highest BCUT2D eigenvalue weighted by Crippen LogP contribution is 2.22. The van der Waals surface area contributed by atoms with E-state index in [4.69, 9.17) is 0 Å². The lowest BCUT2D eigenvalue weighted by molar-refractivity contribution is 0.0895. The van der Waals surface area contributed by atoms with Crippen molar-refractivity contribution in [1.82, 2.24) is 4.90 Å². The molecule has 104 valence electrons. The SMILES string of the molecule is CN(CC(=O)c1cc(F)ccc1F)C1CCCCC1. The molecule has 1 aromatic rings. The Morgan fingerprint density at radius 2 is 1.95 bits per heavy atom. The van der Waals surface area contributed by atoms with Gasteiger partial charge in [0.25, 0.3) is 0 Å². The van der Waals surface area contributed by atoms with E-state index in [2.05, 4.69) is 0 Å². The zero-order valence-corrected chi connectivity index (χ0v) is 11.2. The first-order chi connectivity index (χ1) is 9.08. The predicted octanol–water partition coefficient (Wildman–Crippen LogP) is 3.41. The third-order valence-corrected chi connectivity index (χ3v) is 3.82. The van der Waals surface area contributed by atoms with E-state index in [0.29, 0.717) is 6.04 Å². The van der Waals surface area contributed by atoms with Crippen LogP contribution < -0.4 is 0 Å². The molecule has 19 heavy (non-hydrogen) atoms. The molecule has 0 saturated heterocycles. The molecule has 0 bridgehead atoms. The van der Waals surface area contributed by atoms with Gasteiger partial charge < -0.3 is 0 Å². The Kier molecular flexibility index (Phi) is 4.64. The van der Waals surface area contributed by atoms with E-state index >= 15 is 0 Å². The van der Waals surface area contributed by atoms with Gasteiger partial charge in [0.1, 0.15) is 11.6 Å². The molecule has 0 heterocycles. The fourth-order valence-electron chi connectivity index (χ4n) is 2.67. The van der Waals surface area contributed by atoms with Crippen LogP contribution in [0, 0.1) is 11.6 Å². The number of benzene rings is 1. The molecule has 0 radical (unpaired) electrons. The van der Waals surface area contributed by atoms with Crippen LogP contribution in [0.3, 0.4) is 0 Å². The summed E-state index contributed by atoms with van der Waals surface area (Å²) in [7, 11) is 1.88. The summed E-state index contributed by atoms with van der Waals surface area (Å²) < 4.78 is 26.6. The summed E-state index contributed by atoms with van der Waals surface area (Å²) in [5.41, 5.74) is -0.150. The van der Waals surface area contributed by atoms with Gasteiger partial charge in [0.15, 0.2) is 5.78 Å². The van der Waals surface area contributed by atoms with Gasteiger partial charge in [-0.1, -0.05) is 19.3 Å². The van der Waals surface area contributed by atoms with E-state index in [1.807, 2.05) is 11.9 Å². The molecule has 1 aliphatic carbocycles. The summed E-state index contributed by atoms with van der Waals surface area (Å²) in [5, 5.41) is 0. The van der Waals surface area contributed by atoms with Crippen molar-refractivity contribution < 1.29 is 13.6 Å². The maximum atomic E-state index is 13.5. The Bertz CT molecular complexity index is 455. The summed E-state index contributed by atoms with van der Waals surface area (Å²) in [6.45, 7) is 0.144. The molecule has 1 saturated carbocycles. The monoisotopic (exact) mass is 267 g/mol. The van der Waals surface area contributed by atoms with Crippen molar-refractivity contribution in [3.8, 4) is 0 Å². The summed E-state index contributed by atoms with van der Waals surface area (Å²) >= 11 is 0. The molecule has 1 aromatic carbocycles. The molecule has 2 nitrogen and oxygen atoms in total. The molecule has 0 N–H and O–H groups in total. The van der Waals surface area contributed by atoms with Crippen LogP contribution in [0.5, 0.6) is 0 Å². The van der Waals surface area contributed by atoms with Crippen molar-refractivity contribution in [1.29, 1.82) is 0 Å². The van der Waals surface area contributed by atoms with Crippen molar-refractivity contribution in [2.24, 2.45) is 0 Å². The highest BCUT2D eigenvalue weighted by molar-refractivity contribution is 5.97. The number of carbonyl (C=O) groups excluding carboxylic acids is 1. The smallest absolute Gasteiger partial charge is 0.179 e. The molecule has 0 spiro atoms. The summed E-state index contributed by atoms with van der Waals surface area (Å²) in [5.74, 6) is -1.58. The van der Waals surface area contributed by atoms with Gasteiger partial charge in [0.05, 0.1) is 12.1 Å². The van der Waals surface area contributed by atoms with Gasteiger partial charge in [0, 0.05) is 6.04 Å². The lowest BCUT2D eigenvalue weighted by atomic mass is 9.94. The summed E-state index contributed by atoms with van der Waals surface area (Å²) in [4.78, 5) is 14.0. The maximum Gasteiger partial charge on any atom is 0.179 e. The van der Waals surface area contributed by atoms with Crippen molar-refractivity contribution >= 4 is 5.78 Å². The third-order valence-electron chi connectivity index (χ3n) is 3.82. The molecule has 1 aliphatic rings. The first-order valence-electron chi connectivity index (χ1n) is 6.76. The molecule has 0 amide bonds. The number of likely N-dealkylation sites (N-methyl/N-ethyl adjacent to an activating group) is 1. The van der Waals surface area contributed by atoms with Crippen molar-refractivity contribution in [2.75, 3.05) is 13.6 Å². The first-order valence-corrected chi connectivity index (χ1v) is 6.76. The standard InChI is InChI=1S/C15H19F2NO/c1-18(12-5-3-2-4-6-12)10-15(19)13-9-11(16)7-8-14(13)17/h7-9,12H,2-6,10H2,1H3. The Hall–Kier alpha value is -1.29. The van der Waals surface area contributed by atoms with Crippen molar-refractivity contribution in [3.05, 3.63) is 35.4 Å². The van der Waals surface area contributed by atoms with Crippen LogP contribution in [0.4, 0.5) is 8.78 Å². The van der Waals surface area contributed by atoms with Crippen molar-refractivity contribution in [2.45, 2.75) is 38.1 Å². The molecule has 0 aromatic heterocycles. The quantitative estimate of drug-likeness (QED) is 0.779. The van der Waals surface area contributed by atoms with E-state index in [1.165, 1.54) is 19.3 Å². The maximum absolute atomic E-state index is 13.5. The third kappa shape index (κ3) is 3.60. The number of hydrogen-bond acceptors (Lipinski definition) is 2. The minimum absolute atomic E-state index is 0.144. The fourth-order valence-corrected chi connectivity index (χ4v) is 2.67. The lowest BCUT2D eigenvalue weighted by Gasteiger charge is -2.30. The minimum Gasteiger partial charge on any atom is -0.296 e. The van der Waals surface area contributed by atoms with Crippen LogP contribution in [0.1, 0.15) is 42.5 Å². The Balaban J connectivity index is 2.01. The fraction of sp³-hybridized carbons (Fsp3) is 0.533. The number of Topliss-reactive ketones (excluding diaryl/α,β-unsaturated/α-hetero) is 1. The highest BCUT2D eigenvalue weighted by Gasteiger charge is 2.21. The van der Waals surface area contributed by atoms with Gasteiger partial charge in [-0.2, -0.15) is 0 Å². The van der Waals surface area contributed by atoms with Crippen LogP contribution in [-0.2, 0) is 0 Å². The summed E-state index contributed by atoms with van der Waals surface area (Å²) in [6.07, 6.45) is 5.76. The zero-order valence-electron chi connectivity index (χ0n) is 11.2. The van der Waals surface area contributed by atoms with Crippen LogP contribution in [0.25, 0.3) is 0 Å². The molecule has 4 heteroatoms. The van der Waals surface area contributed by atoms with E-state index < -0.39 is 11.6 Å². The molecule has 1 fully saturated rings. The zero-order chi connectivity index (χ0) is 13.8. The number of nitrogens with zero attached hydrogens (tertiary/aromatic N) is 1. The second-order valence-electron chi connectivity index (χ2n) is 5.25. The van der Waals surface area contributed by atoms with E-state index in [1.54, 1.807) is 0 Å². The van der Waals surface area contributed by atoms with Gasteiger partial charge >= 0.3 is 0 Å². The average molecular weight is 267 g/mol. The molecule has 0 atom stereocenters. The van der Waals surface area contributed by atoms with E-state index in [0.717, 1.165) is 31.0 Å². The number of ketones is 1. The normalized spacial score (nSPS) is 16.8. The second kappa shape index (κ2) is 6.24. The molecule has 0 unspecified atom stereocenters. The highest BCUT2D eigenvalue weighted by atomic mass is 19.1.